The lowest BCUT2D eigenvalue weighted by atomic mass is 9.75. The molecule has 1 aromatic heterocycles. The van der Waals surface area contributed by atoms with Crippen molar-refractivity contribution in [1.29, 1.82) is 0 Å². The first-order valence-electron chi connectivity index (χ1n) is 7.94. The molecule has 1 N–H and O–H groups in total. The van der Waals surface area contributed by atoms with Crippen LogP contribution in [0.4, 0.5) is 5.95 Å². The molecule has 2 atom stereocenters. The van der Waals surface area contributed by atoms with Crippen LogP contribution in [-0.4, -0.2) is 66.2 Å². The van der Waals surface area contributed by atoms with Gasteiger partial charge < -0.3 is 10.0 Å². The number of carboxylic acid groups (broad SMARTS) is 1. The first-order chi connectivity index (χ1) is 11.2. The van der Waals surface area contributed by atoms with Crippen molar-refractivity contribution in [3.63, 3.8) is 0 Å². The van der Waals surface area contributed by atoms with Crippen LogP contribution in [0.1, 0.15) is 18.4 Å². The standard InChI is InChI=1S/C15H22N4O4S/c1-11-6-16-14(17-7-11)18-8-12-9-19(24(2,22)23)5-3-4-15(12,10-18)13(20)21/h6-7,12H,3-5,8-10H2,1-2H3,(H,20,21)/t12-,15+/m1/s1. The van der Waals surface area contributed by atoms with Crippen LogP contribution in [0, 0.1) is 18.3 Å². The van der Waals surface area contributed by atoms with Gasteiger partial charge in [-0.3, -0.25) is 4.79 Å². The second kappa shape index (κ2) is 5.96. The minimum absolute atomic E-state index is 0.230. The molecule has 0 amide bonds. The van der Waals surface area contributed by atoms with Crippen LogP contribution < -0.4 is 4.90 Å². The van der Waals surface area contributed by atoms with E-state index in [2.05, 4.69) is 9.97 Å². The summed E-state index contributed by atoms with van der Waals surface area (Å²) < 4.78 is 25.3. The number of carboxylic acids is 1. The number of carbonyl (C=O) groups is 1. The highest BCUT2D eigenvalue weighted by atomic mass is 32.2. The van der Waals surface area contributed by atoms with Gasteiger partial charge in [0.15, 0.2) is 0 Å². The molecule has 2 aliphatic rings. The molecule has 3 rings (SSSR count). The number of sulfonamides is 1. The summed E-state index contributed by atoms with van der Waals surface area (Å²) >= 11 is 0. The molecule has 0 aliphatic carbocycles. The van der Waals surface area contributed by atoms with Crippen LogP contribution in [0.25, 0.3) is 0 Å². The van der Waals surface area contributed by atoms with Crippen LogP contribution >= 0.6 is 0 Å². The van der Waals surface area contributed by atoms with E-state index in [0.717, 1.165) is 5.56 Å². The monoisotopic (exact) mass is 354 g/mol. The lowest BCUT2D eigenvalue weighted by Crippen LogP contribution is -2.42. The number of rotatable bonds is 3. The molecule has 0 unspecified atom stereocenters. The molecular formula is C15H22N4O4S. The zero-order chi connectivity index (χ0) is 17.5. The molecule has 9 heteroatoms. The summed E-state index contributed by atoms with van der Waals surface area (Å²) in [4.78, 5) is 22.5. The average Bonchev–Trinajstić information content (AvgIpc) is 2.76. The third-order valence-electron chi connectivity index (χ3n) is 5.09. The first kappa shape index (κ1) is 17.1. The Kier molecular flexibility index (Phi) is 4.25. The van der Waals surface area contributed by atoms with Crippen molar-refractivity contribution in [3.05, 3.63) is 18.0 Å². The Balaban J connectivity index is 1.92. The van der Waals surface area contributed by atoms with Crippen LogP contribution in [0.15, 0.2) is 12.4 Å². The highest BCUT2D eigenvalue weighted by molar-refractivity contribution is 7.88. The number of aryl methyl sites for hydroxylation is 1. The van der Waals surface area contributed by atoms with Gasteiger partial charge in [-0.1, -0.05) is 0 Å². The summed E-state index contributed by atoms with van der Waals surface area (Å²) in [5.74, 6) is -0.644. The predicted molar refractivity (Wildman–Crippen MR) is 88.2 cm³/mol. The fourth-order valence-corrected chi connectivity index (χ4v) is 4.66. The average molecular weight is 354 g/mol. The summed E-state index contributed by atoms with van der Waals surface area (Å²) in [5.41, 5.74) is -0.0170. The van der Waals surface area contributed by atoms with E-state index in [1.807, 2.05) is 11.8 Å². The Morgan fingerprint density at radius 1 is 1.33 bits per heavy atom. The van der Waals surface area contributed by atoms with Crippen molar-refractivity contribution in [2.75, 3.05) is 37.3 Å². The van der Waals surface area contributed by atoms with E-state index in [9.17, 15) is 18.3 Å². The maximum Gasteiger partial charge on any atom is 0.311 e. The van der Waals surface area contributed by atoms with Crippen molar-refractivity contribution < 1.29 is 18.3 Å². The quantitative estimate of drug-likeness (QED) is 0.835. The van der Waals surface area contributed by atoms with Crippen molar-refractivity contribution >= 4 is 21.9 Å². The molecular weight excluding hydrogens is 332 g/mol. The molecule has 0 saturated carbocycles. The Labute approximate surface area is 141 Å². The maximum atomic E-state index is 12.1. The zero-order valence-corrected chi connectivity index (χ0v) is 14.7. The summed E-state index contributed by atoms with van der Waals surface area (Å²) in [6.45, 7) is 3.26. The Bertz CT molecular complexity index is 736. The minimum atomic E-state index is -3.34. The lowest BCUT2D eigenvalue weighted by molar-refractivity contribution is -0.150. The molecule has 2 saturated heterocycles. The second-order valence-corrected chi connectivity index (χ2v) is 8.81. The van der Waals surface area contributed by atoms with Crippen LogP contribution in [0.3, 0.4) is 0 Å². The highest BCUT2D eigenvalue weighted by Crippen LogP contribution is 2.44. The maximum absolute atomic E-state index is 12.1. The number of nitrogens with zero attached hydrogens (tertiary/aromatic N) is 4. The van der Waals surface area contributed by atoms with Gasteiger partial charge in [0.25, 0.3) is 0 Å². The Morgan fingerprint density at radius 3 is 2.58 bits per heavy atom. The van der Waals surface area contributed by atoms with Gasteiger partial charge in [-0.2, -0.15) is 0 Å². The fourth-order valence-electron chi connectivity index (χ4n) is 3.75. The van der Waals surface area contributed by atoms with Gasteiger partial charge in [-0.15, -0.1) is 0 Å². The van der Waals surface area contributed by atoms with Gasteiger partial charge in [0.05, 0.1) is 11.7 Å². The molecule has 2 fully saturated rings. The number of hydrogen-bond acceptors (Lipinski definition) is 6. The summed E-state index contributed by atoms with van der Waals surface area (Å²) in [7, 11) is -3.34. The number of aliphatic carboxylic acids is 1. The van der Waals surface area contributed by atoms with Crippen molar-refractivity contribution in [2.24, 2.45) is 11.3 Å². The van der Waals surface area contributed by atoms with Crippen LogP contribution in [-0.2, 0) is 14.8 Å². The van der Waals surface area contributed by atoms with E-state index in [-0.39, 0.29) is 12.5 Å². The number of aromatic nitrogens is 2. The Hall–Kier alpha value is -1.74. The predicted octanol–water partition coefficient (Wildman–Crippen LogP) is 0.348. The van der Waals surface area contributed by atoms with Crippen molar-refractivity contribution in [2.45, 2.75) is 19.8 Å². The molecule has 0 aromatic carbocycles. The largest absolute Gasteiger partial charge is 0.481 e. The van der Waals surface area contributed by atoms with Crippen molar-refractivity contribution in [3.8, 4) is 0 Å². The van der Waals surface area contributed by atoms with Crippen LogP contribution in [0.2, 0.25) is 0 Å². The smallest absolute Gasteiger partial charge is 0.311 e. The number of hydrogen-bond donors (Lipinski definition) is 1. The molecule has 0 radical (unpaired) electrons. The molecule has 2 aliphatic heterocycles. The van der Waals surface area contributed by atoms with Crippen LogP contribution in [0.5, 0.6) is 0 Å². The third kappa shape index (κ3) is 2.98. The van der Waals surface area contributed by atoms with Gasteiger partial charge in [0.1, 0.15) is 0 Å². The van der Waals surface area contributed by atoms with E-state index in [0.29, 0.717) is 38.4 Å². The van der Waals surface area contributed by atoms with Crippen molar-refractivity contribution in [1.82, 2.24) is 14.3 Å². The van der Waals surface area contributed by atoms with Gasteiger partial charge >= 0.3 is 5.97 Å². The first-order valence-corrected chi connectivity index (χ1v) is 9.79. The summed E-state index contributed by atoms with van der Waals surface area (Å²) in [6.07, 6.45) is 5.58. The van der Waals surface area contributed by atoms with E-state index < -0.39 is 21.4 Å². The van der Waals surface area contributed by atoms with Gasteiger partial charge in [-0.25, -0.2) is 22.7 Å². The second-order valence-electron chi connectivity index (χ2n) is 6.82. The third-order valence-corrected chi connectivity index (χ3v) is 6.36. The van der Waals surface area contributed by atoms with Gasteiger partial charge in [0.2, 0.25) is 16.0 Å². The van der Waals surface area contributed by atoms with Gasteiger partial charge in [-0.05, 0) is 25.3 Å². The molecule has 0 bridgehead atoms. The minimum Gasteiger partial charge on any atom is -0.481 e. The highest BCUT2D eigenvalue weighted by Gasteiger charge is 2.54. The molecule has 8 nitrogen and oxygen atoms in total. The van der Waals surface area contributed by atoms with E-state index in [1.165, 1.54) is 10.6 Å². The fraction of sp³-hybridized carbons (Fsp3) is 0.667. The topological polar surface area (TPSA) is 104 Å². The number of fused-ring (bicyclic) bond motifs is 1. The van der Waals surface area contributed by atoms with E-state index in [4.69, 9.17) is 0 Å². The summed E-state index contributed by atoms with van der Waals surface area (Å²) in [5, 5.41) is 9.89. The zero-order valence-electron chi connectivity index (χ0n) is 13.8. The normalized spacial score (nSPS) is 28.4. The number of anilines is 1. The SMILES string of the molecule is Cc1cnc(N2C[C@@H]3CN(S(C)(=O)=O)CCC[C@]3(C(=O)O)C2)nc1. The molecule has 1 aromatic rings. The van der Waals surface area contributed by atoms with E-state index in [1.54, 1.807) is 12.4 Å². The summed E-state index contributed by atoms with van der Waals surface area (Å²) in [6, 6.07) is 0. The molecule has 24 heavy (non-hydrogen) atoms. The van der Waals surface area contributed by atoms with Gasteiger partial charge in [0, 0.05) is 44.5 Å². The molecule has 132 valence electrons. The van der Waals surface area contributed by atoms with E-state index >= 15 is 0 Å². The molecule has 3 heterocycles. The Morgan fingerprint density at radius 2 is 2.00 bits per heavy atom. The lowest BCUT2D eigenvalue weighted by Gasteiger charge is -2.28. The molecule has 0 spiro atoms.